The molecule has 1 fully saturated rings. The molecule has 2 aromatic carbocycles. The van der Waals surface area contributed by atoms with Crippen molar-refractivity contribution in [1.29, 1.82) is 0 Å². The third-order valence-corrected chi connectivity index (χ3v) is 7.35. The molecule has 1 saturated carbocycles. The van der Waals surface area contributed by atoms with E-state index in [4.69, 9.17) is 9.72 Å². The predicted molar refractivity (Wildman–Crippen MR) is 134 cm³/mol. The van der Waals surface area contributed by atoms with Gasteiger partial charge in [0.2, 0.25) is 0 Å². The number of para-hydroxylation sites is 2. The van der Waals surface area contributed by atoms with E-state index >= 15 is 0 Å². The molecule has 1 aromatic heterocycles. The summed E-state index contributed by atoms with van der Waals surface area (Å²) in [6.07, 6.45) is 4.66. The van der Waals surface area contributed by atoms with Crippen molar-refractivity contribution in [2.45, 2.75) is 78.9 Å². The SMILES string of the molecule is CCc1nc2ccccc2n1[C@H](Cc1ccc(C)cc1)C(=O)O[C@@H]1C[C@H](C)CCC1C(C)C. The van der Waals surface area contributed by atoms with Crippen molar-refractivity contribution in [2.24, 2.45) is 17.8 Å². The molecular formula is C29H38N2O2. The molecule has 4 atom stereocenters. The summed E-state index contributed by atoms with van der Waals surface area (Å²) in [6.45, 7) is 11.0. The van der Waals surface area contributed by atoms with E-state index in [0.717, 1.165) is 41.7 Å². The third kappa shape index (κ3) is 5.15. The highest BCUT2D eigenvalue weighted by Gasteiger charge is 2.36. The van der Waals surface area contributed by atoms with Crippen molar-refractivity contribution in [3.8, 4) is 0 Å². The Labute approximate surface area is 198 Å². The van der Waals surface area contributed by atoms with Crippen LogP contribution >= 0.6 is 0 Å². The summed E-state index contributed by atoms with van der Waals surface area (Å²) in [4.78, 5) is 18.7. The van der Waals surface area contributed by atoms with Crippen molar-refractivity contribution in [1.82, 2.24) is 9.55 Å². The van der Waals surface area contributed by atoms with Gasteiger partial charge in [-0.05, 0) is 55.2 Å². The summed E-state index contributed by atoms with van der Waals surface area (Å²) in [5.74, 6) is 2.33. The van der Waals surface area contributed by atoms with Gasteiger partial charge in [0, 0.05) is 12.8 Å². The van der Waals surface area contributed by atoms with Crippen molar-refractivity contribution in [2.75, 3.05) is 0 Å². The van der Waals surface area contributed by atoms with Crippen LogP contribution in [0.4, 0.5) is 0 Å². The average molecular weight is 447 g/mol. The minimum Gasteiger partial charge on any atom is -0.461 e. The number of hydrogen-bond donors (Lipinski definition) is 0. The Morgan fingerprint density at radius 2 is 1.85 bits per heavy atom. The van der Waals surface area contributed by atoms with Crippen LogP contribution in [0.25, 0.3) is 11.0 Å². The molecule has 4 nitrogen and oxygen atoms in total. The number of esters is 1. The normalized spacial score (nSPS) is 21.9. The van der Waals surface area contributed by atoms with Gasteiger partial charge in [-0.3, -0.25) is 0 Å². The highest BCUT2D eigenvalue weighted by molar-refractivity contribution is 5.81. The molecule has 176 valence electrons. The van der Waals surface area contributed by atoms with Crippen LogP contribution in [0.5, 0.6) is 0 Å². The van der Waals surface area contributed by atoms with Crippen molar-refractivity contribution in [3.05, 3.63) is 65.5 Å². The zero-order valence-corrected chi connectivity index (χ0v) is 20.8. The summed E-state index contributed by atoms with van der Waals surface area (Å²) in [7, 11) is 0. The molecule has 0 amide bonds. The van der Waals surface area contributed by atoms with E-state index in [2.05, 4.69) is 69.5 Å². The standard InChI is InChI=1S/C29H38N2O2/c1-6-28-30-24-9-7-8-10-25(24)31(28)26(18-22-14-11-20(4)12-15-22)29(32)33-27-17-21(5)13-16-23(27)19(2)3/h7-12,14-15,19,21,23,26-27H,6,13,16-18H2,1-5H3/t21-,23?,26-,27-/m1/s1. The molecular weight excluding hydrogens is 408 g/mol. The molecule has 1 unspecified atom stereocenters. The van der Waals surface area contributed by atoms with E-state index in [0.29, 0.717) is 24.2 Å². The zero-order valence-electron chi connectivity index (χ0n) is 20.8. The third-order valence-electron chi connectivity index (χ3n) is 7.35. The number of carbonyl (C=O) groups excluding carboxylic acids is 1. The smallest absolute Gasteiger partial charge is 0.329 e. The lowest BCUT2D eigenvalue weighted by Gasteiger charge is -2.37. The molecule has 4 heteroatoms. The second kappa shape index (κ2) is 10.1. The highest BCUT2D eigenvalue weighted by atomic mass is 16.5. The molecule has 0 aliphatic heterocycles. The van der Waals surface area contributed by atoms with Crippen LogP contribution in [0.15, 0.2) is 48.5 Å². The number of fused-ring (bicyclic) bond motifs is 1. The second-order valence-corrected chi connectivity index (χ2v) is 10.2. The van der Waals surface area contributed by atoms with Gasteiger partial charge in [-0.2, -0.15) is 0 Å². The van der Waals surface area contributed by atoms with E-state index in [9.17, 15) is 4.79 Å². The molecule has 1 heterocycles. The molecule has 1 aliphatic rings. The van der Waals surface area contributed by atoms with Gasteiger partial charge < -0.3 is 9.30 Å². The summed E-state index contributed by atoms with van der Waals surface area (Å²) in [5, 5.41) is 0. The van der Waals surface area contributed by atoms with E-state index in [-0.39, 0.29) is 12.1 Å². The largest absolute Gasteiger partial charge is 0.461 e. The average Bonchev–Trinajstić information content (AvgIpc) is 3.17. The van der Waals surface area contributed by atoms with Crippen molar-refractivity contribution < 1.29 is 9.53 Å². The fraction of sp³-hybridized carbons (Fsp3) is 0.517. The lowest BCUT2D eigenvalue weighted by Crippen LogP contribution is -2.38. The Kier molecular flexibility index (Phi) is 7.21. The number of hydrogen-bond acceptors (Lipinski definition) is 3. The van der Waals surface area contributed by atoms with Gasteiger partial charge in [0.05, 0.1) is 11.0 Å². The lowest BCUT2D eigenvalue weighted by molar-refractivity contribution is -0.160. The first kappa shape index (κ1) is 23.5. The Hall–Kier alpha value is -2.62. The Morgan fingerprint density at radius 3 is 2.55 bits per heavy atom. The molecule has 0 N–H and O–H groups in total. The van der Waals surface area contributed by atoms with Crippen LogP contribution in [0.1, 0.15) is 70.0 Å². The summed E-state index contributed by atoms with van der Waals surface area (Å²) < 4.78 is 8.51. The van der Waals surface area contributed by atoms with Gasteiger partial charge in [-0.15, -0.1) is 0 Å². The minimum atomic E-state index is -0.430. The van der Waals surface area contributed by atoms with Gasteiger partial charge in [0.15, 0.2) is 0 Å². The first-order valence-corrected chi connectivity index (χ1v) is 12.6. The number of imidazole rings is 1. The maximum atomic E-state index is 13.9. The quantitative estimate of drug-likeness (QED) is 0.380. The van der Waals surface area contributed by atoms with Crippen molar-refractivity contribution in [3.63, 3.8) is 0 Å². The van der Waals surface area contributed by atoms with Crippen molar-refractivity contribution >= 4 is 17.0 Å². The minimum absolute atomic E-state index is 0.0124. The molecule has 0 radical (unpaired) electrons. The highest BCUT2D eigenvalue weighted by Crippen LogP contribution is 2.36. The molecule has 4 rings (SSSR count). The van der Waals surface area contributed by atoms with Crippen LogP contribution in [-0.2, 0) is 22.4 Å². The monoisotopic (exact) mass is 446 g/mol. The Morgan fingerprint density at radius 1 is 1.12 bits per heavy atom. The van der Waals surface area contributed by atoms with Gasteiger partial charge in [-0.25, -0.2) is 9.78 Å². The number of aromatic nitrogens is 2. The molecule has 1 aliphatic carbocycles. The number of rotatable bonds is 7. The number of nitrogens with zero attached hydrogens (tertiary/aromatic N) is 2. The van der Waals surface area contributed by atoms with Gasteiger partial charge in [0.1, 0.15) is 18.0 Å². The van der Waals surface area contributed by atoms with E-state index < -0.39 is 6.04 Å². The first-order valence-electron chi connectivity index (χ1n) is 12.6. The summed E-state index contributed by atoms with van der Waals surface area (Å²) >= 11 is 0. The van der Waals surface area contributed by atoms with Crippen LogP contribution in [0.3, 0.4) is 0 Å². The Bertz CT molecular complexity index is 1080. The van der Waals surface area contributed by atoms with Crippen LogP contribution in [0.2, 0.25) is 0 Å². The molecule has 33 heavy (non-hydrogen) atoms. The number of aryl methyl sites for hydroxylation is 2. The van der Waals surface area contributed by atoms with Crippen LogP contribution in [0, 0.1) is 24.7 Å². The van der Waals surface area contributed by atoms with Crippen LogP contribution in [-0.4, -0.2) is 21.6 Å². The summed E-state index contributed by atoms with van der Waals surface area (Å²) in [6, 6.07) is 16.2. The Balaban J connectivity index is 1.71. The fourth-order valence-corrected chi connectivity index (χ4v) is 5.40. The molecule has 0 spiro atoms. The predicted octanol–water partition coefficient (Wildman–Crippen LogP) is 6.69. The van der Waals surface area contributed by atoms with E-state index in [1.807, 2.05) is 18.2 Å². The molecule has 0 saturated heterocycles. The van der Waals surface area contributed by atoms with E-state index in [1.165, 1.54) is 12.0 Å². The number of ether oxygens (including phenoxy) is 1. The maximum absolute atomic E-state index is 13.9. The topological polar surface area (TPSA) is 44.1 Å². The second-order valence-electron chi connectivity index (χ2n) is 10.2. The first-order chi connectivity index (χ1) is 15.9. The van der Waals surface area contributed by atoms with Gasteiger partial charge in [0.25, 0.3) is 0 Å². The van der Waals surface area contributed by atoms with Gasteiger partial charge >= 0.3 is 5.97 Å². The van der Waals surface area contributed by atoms with Gasteiger partial charge in [-0.1, -0.05) is 76.1 Å². The molecule has 0 bridgehead atoms. The maximum Gasteiger partial charge on any atom is 0.329 e. The number of benzene rings is 2. The van der Waals surface area contributed by atoms with Crippen LogP contribution < -0.4 is 0 Å². The lowest BCUT2D eigenvalue weighted by atomic mass is 9.75. The molecule has 3 aromatic rings. The number of carbonyl (C=O) groups is 1. The van der Waals surface area contributed by atoms with E-state index in [1.54, 1.807) is 0 Å². The zero-order chi connectivity index (χ0) is 23.5. The fourth-order valence-electron chi connectivity index (χ4n) is 5.40. The summed E-state index contributed by atoms with van der Waals surface area (Å²) in [5.41, 5.74) is 4.29.